The highest BCUT2D eigenvalue weighted by molar-refractivity contribution is 9.10. The summed E-state index contributed by atoms with van der Waals surface area (Å²) in [4.78, 5) is 35.5. The first-order chi connectivity index (χ1) is 12.0. The molecule has 130 valence electrons. The van der Waals surface area contributed by atoms with Crippen molar-refractivity contribution in [3.05, 3.63) is 70.2 Å². The minimum Gasteiger partial charge on any atom is -0.368 e. The fourth-order valence-corrected chi connectivity index (χ4v) is 2.67. The molecule has 6 nitrogen and oxygen atoms in total. The lowest BCUT2D eigenvalue weighted by Gasteiger charge is -2.16. The van der Waals surface area contributed by atoms with Gasteiger partial charge in [0.05, 0.1) is 6.54 Å². The van der Waals surface area contributed by atoms with Crippen LogP contribution in [-0.2, 0) is 16.0 Å². The number of hydrogen-bond acceptors (Lipinski definition) is 3. The Hall–Kier alpha value is -2.67. The summed E-state index contributed by atoms with van der Waals surface area (Å²) in [6, 6.07) is 15.1. The fraction of sp³-hybridized carbons (Fsp3) is 0.167. The molecule has 4 N–H and O–H groups in total. The van der Waals surface area contributed by atoms with E-state index in [4.69, 9.17) is 5.73 Å². The molecule has 2 aromatic carbocycles. The number of carbonyl (C=O) groups excluding carboxylic acids is 3. The summed E-state index contributed by atoms with van der Waals surface area (Å²) in [5, 5.41) is 5.05. The van der Waals surface area contributed by atoms with Crippen molar-refractivity contribution in [2.24, 2.45) is 5.73 Å². The molecule has 25 heavy (non-hydrogen) atoms. The van der Waals surface area contributed by atoms with E-state index < -0.39 is 17.9 Å². The lowest BCUT2D eigenvalue weighted by Crippen LogP contribution is -2.49. The highest BCUT2D eigenvalue weighted by Crippen LogP contribution is 2.13. The van der Waals surface area contributed by atoms with Gasteiger partial charge in [-0.15, -0.1) is 0 Å². The minimum atomic E-state index is -0.851. The monoisotopic (exact) mass is 403 g/mol. The predicted octanol–water partition coefficient (Wildman–Crippen LogP) is 1.39. The Morgan fingerprint density at radius 1 is 1.04 bits per heavy atom. The first-order valence-electron chi connectivity index (χ1n) is 7.62. The van der Waals surface area contributed by atoms with Gasteiger partial charge in [-0.1, -0.05) is 46.3 Å². The van der Waals surface area contributed by atoms with Gasteiger partial charge in [-0.25, -0.2) is 0 Å². The fourth-order valence-electron chi connectivity index (χ4n) is 2.22. The molecule has 0 radical (unpaired) electrons. The Morgan fingerprint density at radius 3 is 2.40 bits per heavy atom. The zero-order chi connectivity index (χ0) is 18.2. The van der Waals surface area contributed by atoms with Crippen molar-refractivity contribution < 1.29 is 14.4 Å². The van der Waals surface area contributed by atoms with Crippen molar-refractivity contribution in [1.82, 2.24) is 10.6 Å². The van der Waals surface area contributed by atoms with Crippen LogP contribution in [0.4, 0.5) is 0 Å². The summed E-state index contributed by atoms with van der Waals surface area (Å²) >= 11 is 3.35. The van der Waals surface area contributed by atoms with Crippen LogP contribution in [0.2, 0.25) is 0 Å². The summed E-state index contributed by atoms with van der Waals surface area (Å²) < 4.78 is 0.870. The van der Waals surface area contributed by atoms with Crippen LogP contribution in [-0.4, -0.2) is 30.3 Å². The van der Waals surface area contributed by atoms with Crippen molar-refractivity contribution in [3.8, 4) is 0 Å². The summed E-state index contributed by atoms with van der Waals surface area (Å²) in [6.45, 7) is -0.240. The predicted molar refractivity (Wildman–Crippen MR) is 97.7 cm³/mol. The van der Waals surface area contributed by atoms with E-state index >= 15 is 0 Å². The maximum Gasteiger partial charge on any atom is 0.251 e. The number of hydrogen-bond donors (Lipinski definition) is 3. The number of primary amides is 1. The molecule has 0 bridgehead atoms. The van der Waals surface area contributed by atoms with Crippen molar-refractivity contribution in [3.63, 3.8) is 0 Å². The molecule has 0 fully saturated rings. The van der Waals surface area contributed by atoms with Gasteiger partial charge in [-0.05, 0) is 29.8 Å². The van der Waals surface area contributed by atoms with Crippen LogP contribution in [0.25, 0.3) is 0 Å². The number of nitrogens with one attached hydrogen (secondary N) is 2. The molecule has 2 aromatic rings. The lowest BCUT2D eigenvalue weighted by atomic mass is 10.1. The van der Waals surface area contributed by atoms with E-state index in [2.05, 4.69) is 26.6 Å². The molecule has 0 aliphatic rings. The Labute approximate surface area is 153 Å². The second-order valence-electron chi connectivity index (χ2n) is 5.41. The number of nitrogens with two attached hydrogens (primary N) is 1. The molecule has 0 aromatic heterocycles. The van der Waals surface area contributed by atoms with Crippen LogP contribution >= 0.6 is 15.9 Å². The molecule has 2 rings (SSSR count). The first-order valence-corrected chi connectivity index (χ1v) is 8.41. The van der Waals surface area contributed by atoms with Crippen molar-refractivity contribution in [2.75, 3.05) is 6.54 Å². The normalized spacial score (nSPS) is 11.4. The van der Waals surface area contributed by atoms with Gasteiger partial charge >= 0.3 is 0 Å². The van der Waals surface area contributed by atoms with Crippen molar-refractivity contribution in [1.29, 1.82) is 0 Å². The second-order valence-corrected chi connectivity index (χ2v) is 6.32. The van der Waals surface area contributed by atoms with Crippen LogP contribution < -0.4 is 16.4 Å². The highest BCUT2D eigenvalue weighted by atomic mass is 79.9. The third-order valence-electron chi connectivity index (χ3n) is 3.45. The SMILES string of the molecule is NC(=O)[C@H](Cc1cccc(Br)c1)NC(=O)CNC(=O)c1ccccc1. The molecule has 0 spiro atoms. The molecule has 0 heterocycles. The van der Waals surface area contributed by atoms with Gasteiger partial charge in [0.1, 0.15) is 6.04 Å². The van der Waals surface area contributed by atoms with Gasteiger partial charge in [0.2, 0.25) is 11.8 Å². The summed E-state index contributed by atoms with van der Waals surface area (Å²) in [6.07, 6.45) is 0.271. The van der Waals surface area contributed by atoms with E-state index in [0.29, 0.717) is 5.56 Å². The number of carbonyl (C=O) groups is 3. The molecule has 0 saturated carbocycles. The van der Waals surface area contributed by atoms with E-state index in [1.165, 1.54) is 0 Å². The highest BCUT2D eigenvalue weighted by Gasteiger charge is 2.19. The molecule has 0 unspecified atom stereocenters. The van der Waals surface area contributed by atoms with Gasteiger partial charge in [0, 0.05) is 16.5 Å². The zero-order valence-corrected chi connectivity index (χ0v) is 15.0. The molecule has 7 heteroatoms. The average molecular weight is 404 g/mol. The van der Waals surface area contributed by atoms with E-state index in [0.717, 1.165) is 10.0 Å². The van der Waals surface area contributed by atoms with Crippen LogP contribution in [0.15, 0.2) is 59.1 Å². The maximum atomic E-state index is 12.0. The molecular formula is C18H18BrN3O3. The lowest BCUT2D eigenvalue weighted by molar-refractivity contribution is -0.126. The van der Waals surface area contributed by atoms with Gasteiger partial charge in [-0.3, -0.25) is 14.4 Å². The molecule has 3 amide bonds. The minimum absolute atomic E-state index is 0.240. The van der Waals surface area contributed by atoms with Gasteiger partial charge in [-0.2, -0.15) is 0 Å². The summed E-state index contributed by atoms with van der Waals surface area (Å²) in [5.74, 6) is -1.48. The third kappa shape index (κ3) is 6.04. The number of amides is 3. The van der Waals surface area contributed by atoms with Crippen molar-refractivity contribution >= 4 is 33.7 Å². The van der Waals surface area contributed by atoms with E-state index in [1.807, 2.05) is 24.3 Å². The molecule has 0 aliphatic heterocycles. The van der Waals surface area contributed by atoms with Crippen molar-refractivity contribution in [2.45, 2.75) is 12.5 Å². The molecular weight excluding hydrogens is 386 g/mol. The van der Waals surface area contributed by atoms with Crippen LogP contribution in [0.1, 0.15) is 15.9 Å². The van der Waals surface area contributed by atoms with E-state index in [9.17, 15) is 14.4 Å². The molecule has 0 aliphatic carbocycles. The Bertz CT molecular complexity index is 765. The van der Waals surface area contributed by atoms with Crippen LogP contribution in [0, 0.1) is 0 Å². The largest absolute Gasteiger partial charge is 0.368 e. The summed E-state index contributed by atoms with van der Waals surface area (Å²) in [5.41, 5.74) is 6.67. The zero-order valence-electron chi connectivity index (χ0n) is 13.4. The number of rotatable bonds is 7. The molecule has 1 atom stereocenters. The number of halogens is 1. The van der Waals surface area contributed by atoms with Gasteiger partial charge in [0.15, 0.2) is 0 Å². The van der Waals surface area contributed by atoms with E-state index in [-0.39, 0.29) is 18.9 Å². The third-order valence-corrected chi connectivity index (χ3v) is 3.95. The van der Waals surface area contributed by atoms with E-state index in [1.54, 1.807) is 30.3 Å². The average Bonchev–Trinajstić information content (AvgIpc) is 2.60. The standard InChI is InChI=1S/C18H18BrN3O3/c19-14-8-4-5-12(9-14)10-15(17(20)24)22-16(23)11-21-18(25)13-6-2-1-3-7-13/h1-9,15H,10-11H2,(H2,20,24)(H,21,25)(H,22,23)/t15-/m0/s1. The smallest absolute Gasteiger partial charge is 0.251 e. The number of benzene rings is 2. The Balaban J connectivity index is 1.89. The molecule has 0 saturated heterocycles. The quantitative estimate of drug-likeness (QED) is 0.650. The first kappa shape index (κ1) is 18.7. The van der Waals surface area contributed by atoms with Gasteiger partial charge < -0.3 is 16.4 Å². The van der Waals surface area contributed by atoms with Gasteiger partial charge in [0.25, 0.3) is 5.91 Å². The second kappa shape index (κ2) is 8.98. The maximum absolute atomic E-state index is 12.0. The van der Waals surface area contributed by atoms with Crippen LogP contribution in [0.5, 0.6) is 0 Å². The topological polar surface area (TPSA) is 101 Å². The van der Waals surface area contributed by atoms with Crippen LogP contribution in [0.3, 0.4) is 0 Å². The summed E-state index contributed by atoms with van der Waals surface area (Å²) in [7, 11) is 0. The Kier molecular flexibility index (Phi) is 6.71. The Morgan fingerprint density at radius 2 is 1.76 bits per heavy atom.